The number of methoxy groups -OCH3 is 1. The lowest BCUT2D eigenvalue weighted by molar-refractivity contribution is -0.0580. The first-order valence-electron chi connectivity index (χ1n) is 6.19. The molecular weight excluding hydrogens is 302 g/mol. The molecular formula is C11H14ClN5O4. The average Bonchev–Trinajstić information content (AvgIpc) is 2.96. The van der Waals surface area contributed by atoms with Crippen molar-refractivity contribution in [1.82, 2.24) is 19.5 Å². The summed E-state index contributed by atoms with van der Waals surface area (Å²) in [7, 11) is 1.48. The van der Waals surface area contributed by atoms with Crippen molar-refractivity contribution in [2.75, 3.05) is 19.5 Å². The maximum absolute atomic E-state index is 10.1. The van der Waals surface area contributed by atoms with Crippen molar-refractivity contribution >= 4 is 28.6 Å². The van der Waals surface area contributed by atoms with E-state index >= 15 is 0 Å². The number of nitrogens with two attached hydrogens (primary N) is 1. The number of imidazole rings is 1. The number of hydrogen-bond donors (Lipinski definition) is 3. The van der Waals surface area contributed by atoms with Crippen LogP contribution in [-0.2, 0) is 9.47 Å². The van der Waals surface area contributed by atoms with Crippen LogP contribution in [0, 0.1) is 0 Å². The molecule has 4 N–H and O–H groups in total. The lowest BCUT2D eigenvalue weighted by Crippen LogP contribution is -2.33. The van der Waals surface area contributed by atoms with Gasteiger partial charge in [0.05, 0.1) is 12.9 Å². The molecule has 3 heterocycles. The number of aromatic nitrogens is 4. The number of hydrogen-bond acceptors (Lipinski definition) is 8. The van der Waals surface area contributed by atoms with Gasteiger partial charge in [0.2, 0.25) is 5.28 Å². The topological polar surface area (TPSA) is 129 Å². The monoisotopic (exact) mass is 315 g/mol. The quantitative estimate of drug-likeness (QED) is 0.636. The predicted molar refractivity (Wildman–Crippen MR) is 72.5 cm³/mol. The first-order chi connectivity index (χ1) is 10.0. The number of aliphatic hydroxyl groups is 2. The minimum Gasteiger partial charge on any atom is -0.387 e. The van der Waals surface area contributed by atoms with E-state index in [9.17, 15) is 10.2 Å². The van der Waals surface area contributed by atoms with E-state index in [2.05, 4.69) is 15.0 Å². The summed E-state index contributed by atoms with van der Waals surface area (Å²) in [5, 5.41) is 20.1. The van der Waals surface area contributed by atoms with Gasteiger partial charge in [-0.1, -0.05) is 0 Å². The molecule has 0 amide bonds. The van der Waals surface area contributed by atoms with E-state index in [1.54, 1.807) is 0 Å². The summed E-state index contributed by atoms with van der Waals surface area (Å²) in [5.41, 5.74) is 6.39. The Hall–Kier alpha value is -1.52. The summed E-state index contributed by atoms with van der Waals surface area (Å²) in [4.78, 5) is 11.9. The highest BCUT2D eigenvalue weighted by Crippen LogP contribution is 2.32. The Labute approximate surface area is 124 Å². The Balaban J connectivity index is 2.01. The van der Waals surface area contributed by atoms with Gasteiger partial charge in [0.15, 0.2) is 17.7 Å². The summed E-state index contributed by atoms with van der Waals surface area (Å²) >= 11 is 5.79. The largest absolute Gasteiger partial charge is 0.387 e. The van der Waals surface area contributed by atoms with Gasteiger partial charge in [-0.05, 0) is 11.6 Å². The average molecular weight is 316 g/mol. The summed E-state index contributed by atoms with van der Waals surface area (Å²) in [6.45, 7) is 0.152. The summed E-state index contributed by atoms with van der Waals surface area (Å²) in [5.74, 6) is 0.130. The zero-order valence-electron chi connectivity index (χ0n) is 11.0. The molecule has 1 fully saturated rings. The minimum absolute atomic E-state index is 0.0387. The molecule has 4 atom stereocenters. The fourth-order valence-corrected chi connectivity index (χ4v) is 2.53. The molecule has 21 heavy (non-hydrogen) atoms. The number of nitrogen functional groups attached to an aromatic ring is 1. The molecule has 1 aliphatic heterocycles. The van der Waals surface area contributed by atoms with E-state index in [-0.39, 0.29) is 17.7 Å². The van der Waals surface area contributed by atoms with Crippen molar-refractivity contribution in [3.05, 3.63) is 11.6 Å². The van der Waals surface area contributed by atoms with E-state index in [1.807, 2.05) is 0 Å². The standard InChI is InChI=1S/C11H14ClN5O4/c1-20-2-4-6(18)7(19)10(21-4)17-3-14-5-8(13)15-11(12)16-9(5)17/h3-4,6-7,10,18-19H,2H2,1H3,(H2,13,15,16)/t4-,6-,7-,10-/m1/s1. The first-order valence-corrected chi connectivity index (χ1v) is 6.56. The molecule has 114 valence electrons. The molecule has 0 aromatic carbocycles. The van der Waals surface area contributed by atoms with Crippen molar-refractivity contribution in [2.45, 2.75) is 24.5 Å². The van der Waals surface area contributed by atoms with Crippen LogP contribution in [0.1, 0.15) is 6.23 Å². The van der Waals surface area contributed by atoms with Gasteiger partial charge < -0.3 is 25.4 Å². The van der Waals surface area contributed by atoms with Gasteiger partial charge in [0, 0.05) is 7.11 Å². The predicted octanol–water partition coefficient (Wildman–Crippen LogP) is -0.673. The Morgan fingerprint density at radius 1 is 1.43 bits per heavy atom. The van der Waals surface area contributed by atoms with Crippen LogP contribution in [0.5, 0.6) is 0 Å². The highest BCUT2D eigenvalue weighted by atomic mass is 35.5. The second-order valence-electron chi connectivity index (χ2n) is 4.70. The molecule has 10 heteroatoms. The van der Waals surface area contributed by atoms with Crippen molar-refractivity contribution < 1.29 is 19.7 Å². The van der Waals surface area contributed by atoms with Gasteiger partial charge in [0.25, 0.3) is 0 Å². The number of aliphatic hydroxyl groups excluding tert-OH is 2. The van der Waals surface area contributed by atoms with Crippen LogP contribution in [0.25, 0.3) is 11.2 Å². The van der Waals surface area contributed by atoms with Crippen LogP contribution >= 0.6 is 11.6 Å². The highest BCUT2D eigenvalue weighted by Gasteiger charge is 2.44. The second-order valence-corrected chi connectivity index (χ2v) is 5.04. The first kappa shape index (κ1) is 14.4. The SMILES string of the molecule is COC[C@H]1O[C@@H](n2cnc3c(N)nc(Cl)nc32)[C@H](O)[C@@H]1O. The molecule has 0 spiro atoms. The lowest BCUT2D eigenvalue weighted by atomic mass is 10.1. The Kier molecular flexibility index (Phi) is 3.68. The minimum atomic E-state index is -1.16. The van der Waals surface area contributed by atoms with Gasteiger partial charge in [-0.25, -0.2) is 4.98 Å². The third kappa shape index (κ3) is 2.32. The van der Waals surface area contributed by atoms with E-state index in [1.165, 1.54) is 18.0 Å². The molecule has 0 radical (unpaired) electrons. The van der Waals surface area contributed by atoms with Gasteiger partial charge in [0.1, 0.15) is 23.8 Å². The van der Waals surface area contributed by atoms with Gasteiger partial charge >= 0.3 is 0 Å². The third-order valence-corrected chi connectivity index (χ3v) is 3.53. The van der Waals surface area contributed by atoms with Crippen LogP contribution in [0.2, 0.25) is 5.28 Å². The summed E-state index contributed by atoms with van der Waals surface area (Å²) in [6, 6.07) is 0. The van der Waals surface area contributed by atoms with E-state index in [0.29, 0.717) is 11.2 Å². The fraction of sp³-hybridized carbons (Fsp3) is 0.545. The van der Waals surface area contributed by atoms with Crippen molar-refractivity contribution in [3.8, 4) is 0 Å². The van der Waals surface area contributed by atoms with Gasteiger partial charge in [-0.3, -0.25) is 4.57 Å². The molecule has 2 aromatic heterocycles. The van der Waals surface area contributed by atoms with Crippen LogP contribution in [0.15, 0.2) is 6.33 Å². The molecule has 2 aromatic rings. The lowest BCUT2D eigenvalue weighted by Gasteiger charge is -2.16. The van der Waals surface area contributed by atoms with Crippen molar-refractivity contribution in [2.24, 2.45) is 0 Å². The van der Waals surface area contributed by atoms with Crippen LogP contribution in [0.3, 0.4) is 0 Å². The van der Waals surface area contributed by atoms with Crippen LogP contribution < -0.4 is 5.73 Å². The second kappa shape index (κ2) is 5.35. The smallest absolute Gasteiger partial charge is 0.226 e. The van der Waals surface area contributed by atoms with Crippen LogP contribution in [0.4, 0.5) is 5.82 Å². The molecule has 0 unspecified atom stereocenters. The normalized spacial score (nSPS) is 29.3. The highest BCUT2D eigenvalue weighted by molar-refractivity contribution is 6.28. The zero-order chi connectivity index (χ0) is 15.1. The summed E-state index contributed by atoms with van der Waals surface area (Å²) < 4.78 is 12.0. The maximum atomic E-state index is 10.1. The molecule has 0 saturated carbocycles. The van der Waals surface area contributed by atoms with E-state index in [4.69, 9.17) is 26.8 Å². The van der Waals surface area contributed by atoms with Crippen LogP contribution in [-0.4, -0.2) is 61.8 Å². The molecule has 1 aliphatic rings. The van der Waals surface area contributed by atoms with Crippen molar-refractivity contribution in [1.29, 1.82) is 0 Å². The van der Waals surface area contributed by atoms with Crippen molar-refractivity contribution in [3.63, 3.8) is 0 Å². The molecule has 9 nitrogen and oxygen atoms in total. The number of rotatable bonds is 3. The zero-order valence-corrected chi connectivity index (χ0v) is 11.8. The molecule has 3 rings (SSSR count). The fourth-order valence-electron chi connectivity index (χ4n) is 2.36. The number of ether oxygens (including phenoxy) is 2. The summed E-state index contributed by atoms with van der Waals surface area (Å²) in [6.07, 6.45) is -2.35. The number of fused-ring (bicyclic) bond motifs is 1. The maximum Gasteiger partial charge on any atom is 0.226 e. The van der Waals surface area contributed by atoms with E-state index in [0.717, 1.165) is 0 Å². The molecule has 0 aliphatic carbocycles. The number of nitrogens with zero attached hydrogens (tertiary/aromatic N) is 4. The Morgan fingerprint density at radius 2 is 2.19 bits per heavy atom. The molecule has 1 saturated heterocycles. The number of anilines is 1. The van der Waals surface area contributed by atoms with Gasteiger partial charge in [-0.2, -0.15) is 9.97 Å². The Bertz CT molecular complexity index is 665. The molecule has 0 bridgehead atoms. The van der Waals surface area contributed by atoms with Gasteiger partial charge in [-0.15, -0.1) is 0 Å². The third-order valence-electron chi connectivity index (χ3n) is 3.36. The number of halogens is 1. The van der Waals surface area contributed by atoms with E-state index < -0.39 is 24.5 Å². The Morgan fingerprint density at radius 3 is 2.90 bits per heavy atom.